The number of methoxy groups -OCH3 is 2. The normalized spacial score (nSPS) is 19.1. The van der Waals surface area contributed by atoms with Crippen molar-refractivity contribution in [1.29, 1.82) is 0 Å². The summed E-state index contributed by atoms with van der Waals surface area (Å²) in [6.07, 6.45) is 1.00. The number of anilines is 1. The molecule has 3 aromatic carbocycles. The summed E-state index contributed by atoms with van der Waals surface area (Å²) in [5.41, 5.74) is 3.04. The van der Waals surface area contributed by atoms with Gasteiger partial charge in [-0.25, -0.2) is 12.8 Å². The number of amides is 1. The minimum Gasteiger partial charge on any atom is -0.493 e. The maximum Gasteiger partial charge on any atom is 0.309 e. The predicted molar refractivity (Wildman–Crippen MR) is 171 cm³/mol. The number of carboxylic acids is 1. The van der Waals surface area contributed by atoms with Gasteiger partial charge in [-0.1, -0.05) is 26.0 Å². The summed E-state index contributed by atoms with van der Waals surface area (Å²) in [6.45, 7) is 3.79. The molecular weight excluding hydrogens is 631 g/mol. The molecule has 252 valence electrons. The molecule has 1 saturated heterocycles. The molecule has 3 aromatic rings. The van der Waals surface area contributed by atoms with Gasteiger partial charge in [-0.3, -0.25) is 14.5 Å². The van der Waals surface area contributed by atoms with Gasteiger partial charge in [-0.15, -0.1) is 0 Å². The largest absolute Gasteiger partial charge is 0.493 e. The van der Waals surface area contributed by atoms with Crippen LogP contribution in [0, 0.1) is 11.7 Å². The summed E-state index contributed by atoms with van der Waals surface area (Å²) < 4.78 is 61.5. The van der Waals surface area contributed by atoms with E-state index in [0.29, 0.717) is 58.0 Å². The van der Waals surface area contributed by atoms with E-state index in [-0.39, 0.29) is 43.0 Å². The second kappa shape index (κ2) is 14.3. The van der Waals surface area contributed by atoms with Crippen LogP contribution in [0.1, 0.15) is 48.1 Å². The minimum absolute atomic E-state index is 0.000384. The van der Waals surface area contributed by atoms with Crippen molar-refractivity contribution in [1.82, 2.24) is 4.90 Å². The number of likely N-dealkylation sites (tertiary alicyclic amines) is 1. The number of hydrogen-bond acceptors (Lipinski definition) is 9. The van der Waals surface area contributed by atoms with Crippen LogP contribution < -0.4 is 19.5 Å². The monoisotopic (exact) mass is 670 g/mol. The number of rotatable bonds is 13. The number of hydrogen-bond donors (Lipinski definition) is 2. The Morgan fingerprint density at radius 1 is 1.02 bits per heavy atom. The van der Waals surface area contributed by atoms with Crippen molar-refractivity contribution in [2.24, 2.45) is 5.92 Å². The number of aryl methyl sites for hydroxylation is 2. The van der Waals surface area contributed by atoms with Gasteiger partial charge in [0.1, 0.15) is 5.82 Å². The topological polar surface area (TPSA) is 141 Å². The number of ether oxygens (including phenoxy) is 4. The highest BCUT2D eigenvalue weighted by Crippen LogP contribution is 2.50. The van der Waals surface area contributed by atoms with E-state index in [1.165, 1.54) is 38.5 Å². The maximum atomic E-state index is 14.3. The molecule has 0 aliphatic carbocycles. The highest BCUT2D eigenvalue weighted by molar-refractivity contribution is 7.91. The summed E-state index contributed by atoms with van der Waals surface area (Å²) in [5, 5.41) is 13.6. The molecule has 1 fully saturated rings. The van der Waals surface area contributed by atoms with E-state index in [1.807, 2.05) is 13.8 Å². The van der Waals surface area contributed by atoms with Gasteiger partial charge in [0.15, 0.2) is 21.3 Å². The Bertz CT molecular complexity index is 1720. The van der Waals surface area contributed by atoms with Crippen molar-refractivity contribution in [2.75, 3.05) is 51.8 Å². The van der Waals surface area contributed by atoms with Gasteiger partial charge < -0.3 is 29.4 Å². The van der Waals surface area contributed by atoms with Crippen LogP contribution in [0.15, 0.2) is 53.4 Å². The number of benzene rings is 3. The van der Waals surface area contributed by atoms with E-state index in [2.05, 4.69) is 5.32 Å². The van der Waals surface area contributed by atoms with Crippen molar-refractivity contribution >= 4 is 27.4 Å². The molecule has 3 atom stereocenters. The Morgan fingerprint density at radius 3 is 2.30 bits per heavy atom. The van der Waals surface area contributed by atoms with Crippen molar-refractivity contribution in [3.8, 4) is 17.2 Å². The van der Waals surface area contributed by atoms with Crippen molar-refractivity contribution < 1.29 is 46.5 Å². The molecule has 0 bridgehead atoms. The van der Waals surface area contributed by atoms with E-state index >= 15 is 0 Å². The smallest absolute Gasteiger partial charge is 0.309 e. The molecule has 0 unspecified atom stereocenters. The van der Waals surface area contributed by atoms with Gasteiger partial charge in [0.2, 0.25) is 18.4 Å². The molecule has 0 saturated carbocycles. The fraction of sp³-hybridized carbons (Fsp3) is 0.412. The lowest BCUT2D eigenvalue weighted by atomic mass is 9.82. The lowest BCUT2D eigenvalue weighted by Crippen LogP contribution is -2.35. The molecule has 11 nitrogen and oxygen atoms in total. The number of carbonyl (C=O) groups excluding carboxylic acids is 1. The second-order valence-corrected chi connectivity index (χ2v) is 13.6. The molecule has 47 heavy (non-hydrogen) atoms. The third kappa shape index (κ3) is 7.07. The van der Waals surface area contributed by atoms with Crippen molar-refractivity contribution in [3.63, 3.8) is 0 Å². The molecule has 13 heteroatoms. The molecular formula is C34H39FN2O9S. The Balaban J connectivity index is 1.53. The Labute approximate surface area is 273 Å². The fourth-order valence-corrected chi connectivity index (χ4v) is 7.65. The minimum atomic E-state index is -3.63. The van der Waals surface area contributed by atoms with Gasteiger partial charge in [0, 0.05) is 31.3 Å². The lowest BCUT2D eigenvalue weighted by molar-refractivity contribution is -0.143. The Morgan fingerprint density at radius 2 is 1.70 bits per heavy atom. The number of carbonyl (C=O) groups is 2. The van der Waals surface area contributed by atoms with Crippen molar-refractivity contribution in [2.45, 2.75) is 43.5 Å². The summed E-state index contributed by atoms with van der Waals surface area (Å²) in [7, 11) is -0.726. The molecule has 1 amide bonds. The number of nitrogens with zero attached hydrogens (tertiary/aromatic N) is 1. The van der Waals surface area contributed by atoms with Gasteiger partial charge in [-0.2, -0.15) is 0 Å². The third-order valence-corrected chi connectivity index (χ3v) is 10.5. The van der Waals surface area contributed by atoms with Crippen LogP contribution in [0.5, 0.6) is 17.2 Å². The summed E-state index contributed by atoms with van der Waals surface area (Å²) >= 11 is 0. The van der Waals surface area contributed by atoms with Gasteiger partial charge in [0.05, 0.1) is 36.8 Å². The first-order valence-corrected chi connectivity index (χ1v) is 17.0. The zero-order chi connectivity index (χ0) is 33.9. The average molecular weight is 671 g/mol. The summed E-state index contributed by atoms with van der Waals surface area (Å²) in [4.78, 5) is 28.6. The second-order valence-electron chi connectivity index (χ2n) is 11.5. The molecule has 2 aliphatic heterocycles. The average Bonchev–Trinajstić information content (AvgIpc) is 3.69. The quantitative estimate of drug-likeness (QED) is 0.265. The maximum absolute atomic E-state index is 14.3. The van der Waals surface area contributed by atoms with E-state index in [1.54, 1.807) is 29.2 Å². The number of halogens is 1. The Kier molecular flexibility index (Phi) is 10.4. The van der Waals surface area contributed by atoms with Crippen LogP contribution in [-0.4, -0.2) is 76.8 Å². The first-order valence-electron chi connectivity index (χ1n) is 15.4. The zero-order valence-corrected chi connectivity index (χ0v) is 27.6. The predicted octanol–water partition coefficient (Wildman–Crippen LogP) is 4.59. The number of fused-ring (bicyclic) bond motifs is 1. The van der Waals surface area contributed by atoms with Gasteiger partial charge in [0.25, 0.3) is 0 Å². The fourth-order valence-electron chi connectivity index (χ4n) is 6.48. The van der Waals surface area contributed by atoms with Crippen LogP contribution in [0.2, 0.25) is 0 Å². The molecule has 2 N–H and O–H groups in total. The van der Waals surface area contributed by atoms with E-state index in [9.17, 15) is 27.5 Å². The van der Waals surface area contributed by atoms with Gasteiger partial charge >= 0.3 is 5.97 Å². The molecule has 0 radical (unpaired) electrons. The van der Waals surface area contributed by atoms with Crippen LogP contribution in [0.3, 0.4) is 0 Å². The molecule has 2 aliphatic rings. The number of carboxylic acid groups (broad SMARTS) is 1. The SMILES string of the molecule is CCc1cc(F)cc(CC)c1NC(=O)CN1C[C@H](c2cc(OC)c3c(c2)OCO3)[C@@H](C(=O)O)[C@@H]1c1ccc(S(=O)(=O)CCOC)cc1. The highest BCUT2D eigenvalue weighted by Gasteiger charge is 2.48. The van der Waals surface area contributed by atoms with Gasteiger partial charge in [-0.05, 0) is 71.5 Å². The standard InChI is InChI=1S/C34H39FN2O9S/c1-5-20-13-24(35)14-21(6-2)31(20)36-29(38)18-37-17-26(23-15-27(44-4)33-28(16-23)45-19-46-33)30(34(39)40)32(37)22-7-9-25(10-8-22)47(41,42)12-11-43-3/h7-10,13-16,26,30,32H,5-6,11-12,17-19H2,1-4H3,(H,36,38)(H,39,40)/t26-,30-,32+/m1/s1. The summed E-state index contributed by atoms with van der Waals surface area (Å²) in [5.74, 6) is -2.45. The van der Waals surface area contributed by atoms with E-state index < -0.39 is 39.6 Å². The number of nitrogens with one attached hydrogen (secondary N) is 1. The third-order valence-electron chi connectivity index (χ3n) is 8.77. The Hall–Kier alpha value is -4.20. The first-order chi connectivity index (χ1) is 22.5. The van der Waals surface area contributed by atoms with Crippen LogP contribution >= 0.6 is 0 Å². The number of sulfone groups is 1. The van der Waals surface area contributed by atoms with E-state index in [0.717, 1.165) is 0 Å². The highest BCUT2D eigenvalue weighted by atomic mass is 32.2. The lowest BCUT2D eigenvalue weighted by Gasteiger charge is -2.27. The molecule has 0 spiro atoms. The van der Waals surface area contributed by atoms with E-state index in [4.69, 9.17) is 18.9 Å². The molecule has 0 aromatic heterocycles. The van der Waals surface area contributed by atoms with Crippen molar-refractivity contribution in [3.05, 3.63) is 76.6 Å². The molecule has 2 heterocycles. The first kappa shape index (κ1) is 34.1. The van der Waals surface area contributed by atoms with Crippen LogP contribution in [0.4, 0.5) is 10.1 Å². The summed E-state index contributed by atoms with van der Waals surface area (Å²) in [6, 6.07) is 11.5. The van der Waals surface area contributed by atoms with Crippen LogP contribution in [0.25, 0.3) is 0 Å². The number of aliphatic carboxylic acids is 1. The zero-order valence-electron chi connectivity index (χ0n) is 26.7. The van der Waals surface area contributed by atoms with Crippen LogP contribution in [-0.2, 0) is 37.0 Å². The molecule has 5 rings (SSSR count).